The highest BCUT2D eigenvalue weighted by Gasteiger charge is 2.09. The van der Waals surface area contributed by atoms with Gasteiger partial charge >= 0.3 is 0 Å². The summed E-state index contributed by atoms with van der Waals surface area (Å²) in [6.45, 7) is 3.89. The number of aromatic nitrogens is 1. The van der Waals surface area contributed by atoms with Crippen LogP contribution in [-0.2, 0) is 0 Å². The van der Waals surface area contributed by atoms with Crippen molar-refractivity contribution in [3.05, 3.63) is 82.5 Å². The Labute approximate surface area is 151 Å². The molecule has 0 atom stereocenters. The fraction of sp³-hybridized carbons (Fsp3) is 0.100. The minimum atomic E-state index is -0.144. The van der Waals surface area contributed by atoms with Gasteiger partial charge in [0, 0.05) is 16.3 Å². The number of anilines is 3. The van der Waals surface area contributed by atoms with E-state index in [4.69, 9.17) is 11.6 Å². The van der Waals surface area contributed by atoms with Gasteiger partial charge in [0.15, 0.2) is 0 Å². The molecular weight excluding hydrogens is 334 g/mol. The van der Waals surface area contributed by atoms with E-state index in [2.05, 4.69) is 15.6 Å². The highest BCUT2D eigenvalue weighted by atomic mass is 35.5. The number of amides is 1. The Morgan fingerprint density at radius 1 is 1.00 bits per heavy atom. The highest BCUT2D eigenvalue weighted by molar-refractivity contribution is 6.30. The van der Waals surface area contributed by atoms with Crippen molar-refractivity contribution in [1.29, 1.82) is 0 Å². The van der Waals surface area contributed by atoms with Gasteiger partial charge in [-0.3, -0.25) is 4.79 Å². The Morgan fingerprint density at radius 3 is 2.48 bits per heavy atom. The summed E-state index contributed by atoms with van der Waals surface area (Å²) in [5.74, 6) is 0.550. The lowest BCUT2D eigenvalue weighted by Crippen LogP contribution is -2.13. The van der Waals surface area contributed by atoms with Crippen molar-refractivity contribution in [3.63, 3.8) is 0 Å². The van der Waals surface area contributed by atoms with Gasteiger partial charge in [0.2, 0.25) is 0 Å². The SMILES string of the molecule is Cc1cc(Cl)ccc1Nc1ccc(NC(=O)c2ccccc2C)cn1. The van der Waals surface area contributed by atoms with E-state index in [1.807, 2.05) is 62.4 Å². The van der Waals surface area contributed by atoms with Gasteiger partial charge in [0.1, 0.15) is 5.82 Å². The summed E-state index contributed by atoms with van der Waals surface area (Å²) in [6.07, 6.45) is 1.63. The quantitative estimate of drug-likeness (QED) is 0.666. The number of carbonyl (C=O) groups is 1. The summed E-state index contributed by atoms with van der Waals surface area (Å²) >= 11 is 5.97. The maximum absolute atomic E-state index is 12.3. The third-order valence-electron chi connectivity index (χ3n) is 3.86. The monoisotopic (exact) mass is 351 g/mol. The number of benzene rings is 2. The first-order valence-electron chi connectivity index (χ1n) is 7.89. The third kappa shape index (κ3) is 4.17. The molecule has 0 fully saturated rings. The predicted molar refractivity (Wildman–Crippen MR) is 103 cm³/mol. The molecule has 0 bridgehead atoms. The first-order chi connectivity index (χ1) is 12.0. The van der Waals surface area contributed by atoms with Crippen molar-refractivity contribution in [2.24, 2.45) is 0 Å². The molecule has 1 amide bonds. The molecule has 1 aromatic heterocycles. The number of hydrogen-bond acceptors (Lipinski definition) is 3. The zero-order valence-corrected chi connectivity index (χ0v) is 14.8. The summed E-state index contributed by atoms with van der Waals surface area (Å²) in [6, 6.07) is 16.7. The van der Waals surface area contributed by atoms with E-state index in [-0.39, 0.29) is 5.91 Å². The molecule has 3 rings (SSSR count). The molecular formula is C20H18ClN3O. The van der Waals surface area contributed by atoms with Crippen LogP contribution in [0.4, 0.5) is 17.2 Å². The average Bonchev–Trinajstić information content (AvgIpc) is 2.59. The third-order valence-corrected chi connectivity index (χ3v) is 4.10. The number of carbonyl (C=O) groups excluding carboxylic acids is 1. The summed E-state index contributed by atoms with van der Waals surface area (Å²) in [4.78, 5) is 16.7. The zero-order chi connectivity index (χ0) is 17.8. The second-order valence-electron chi connectivity index (χ2n) is 5.79. The van der Waals surface area contributed by atoms with Gasteiger partial charge in [-0.2, -0.15) is 0 Å². The van der Waals surface area contributed by atoms with Crippen LogP contribution in [-0.4, -0.2) is 10.9 Å². The Kier molecular flexibility index (Phi) is 5.00. The van der Waals surface area contributed by atoms with Crippen molar-refractivity contribution in [2.75, 3.05) is 10.6 Å². The summed E-state index contributed by atoms with van der Waals surface area (Å²) in [7, 11) is 0. The van der Waals surface area contributed by atoms with Crippen LogP contribution in [0.5, 0.6) is 0 Å². The van der Waals surface area contributed by atoms with Gasteiger partial charge in [0.25, 0.3) is 5.91 Å². The molecule has 126 valence electrons. The van der Waals surface area contributed by atoms with Gasteiger partial charge in [-0.15, -0.1) is 0 Å². The number of nitrogens with zero attached hydrogens (tertiary/aromatic N) is 1. The molecule has 2 N–H and O–H groups in total. The topological polar surface area (TPSA) is 54.0 Å². The second kappa shape index (κ2) is 7.36. The molecule has 3 aromatic rings. The Bertz CT molecular complexity index is 907. The van der Waals surface area contributed by atoms with Crippen LogP contribution in [0.1, 0.15) is 21.5 Å². The fourth-order valence-electron chi connectivity index (χ4n) is 2.47. The normalized spacial score (nSPS) is 10.4. The highest BCUT2D eigenvalue weighted by Crippen LogP contribution is 2.23. The number of hydrogen-bond donors (Lipinski definition) is 2. The zero-order valence-electron chi connectivity index (χ0n) is 14.0. The fourth-order valence-corrected chi connectivity index (χ4v) is 2.70. The van der Waals surface area contributed by atoms with E-state index in [0.717, 1.165) is 16.8 Å². The number of aryl methyl sites for hydroxylation is 2. The van der Waals surface area contributed by atoms with Crippen LogP contribution in [0, 0.1) is 13.8 Å². The van der Waals surface area contributed by atoms with E-state index < -0.39 is 0 Å². The van der Waals surface area contributed by atoms with Crippen LogP contribution in [0.2, 0.25) is 5.02 Å². The van der Waals surface area contributed by atoms with Crippen LogP contribution in [0.15, 0.2) is 60.8 Å². The van der Waals surface area contributed by atoms with Crippen molar-refractivity contribution < 1.29 is 4.79 Å². The smallest absolute Gasteiger partial charge is 0.255 e. The summed E-state index contributed by atoms with van der Waals surface area (Å²) in [5, 5.41) is 6.80. The van der Waals surface area contributed by atoms with Crippen molar-refractivity contribution in [1.82, 2.24) is 4.98 Å². The number of halogens is 1. The lowest BCUT2D eigenvalue weighted by molar-refractivity contribution is 0.102. The summed E-state index contributed by atoms with van der Waals surface area (Å²) in [5.41, 5.74) is 4.21. The minimum Gasteiger partial charge on any atom is -0.340 e. The van der Waals surface area contributed by atoms with E-state index in [9.17, 15) is 4.79 Å². The second-order valence-corrected chi connectivity index (χ2v) is 6.22. The predicted octanol–water partition coefficient (Wildman–Crippen LogP) is 5.35. The van der Waals surface area contributed by atoms with Crippen LogP contribution < -0.4 is 10.6 Å². The molecule has 1 heterocycles. The van der Waals surface area contributed by atoms with Crippen LogP contribution in [0.3, 0.4) is 0 Å². The Hall–Kier alpha value is -2.85. The molecule has 0 aliphatic rings. The molecule has 0 radical (unpaired) electrons. The molecule has 0 aliphatic heterocycles. The first-order valence-corrected chi connectivity index (χ1v) is 8.27. The molecule has 2 aromatic carbocycles. The lowest BCUT2D eigenvalue weighted by Gasteiger charge is -2.10. The minimum absolute atomic E-state index is 0.144. The van der Waals surface area contributed by atoms with Gasteiger partial charge in [-0.05, 0) is 61.4 Å². The van der Waals surface area contributed by atoms with Gasteiger partial charge in [-0.25, -0.2) is 4.98 Å². The maximum Gasteiger partial charge on any atom is 0.255 e. The Morgan fingerprint density at radius 2 is 1.80 bits per heavy atom. The summed E-state index contributed by atoms with van der Waals surface area (Å²) < 4.78 is 0. The molecule has 0 aliphatic carbocycles. The van der Waals surface area contributed by atoms with E-state index >= 15 is 0 Å². The van der Waals surface area contributed by atoms with Gasteiger partial charge in [0.05, 0.1) is 11.9 Å². The van der Waals surface area contributed by atoms with E-state index in [1.165, 1.54) is 0 Å². The molecule has 4 nitrogen and oxygen atoms in total. The number of pyridine rings is 1. The first kappa shape index (κ1) is 17.0. The largest absolute Gasteiger partial charge is 0.340 e. The standard InChI is InChI=1S/C20H18ClN3O/c1-13-5-3-4-6-17(13)20(25)23-16-8-10-19(22-12-16)24-18-9-7-15(21)11-14(18)2/h3-12H,1-2H3,(H,22,24)(H,23,25). The molecule has 25 heavy (non-hydrogen) atoms. The number of nitrogens with one attached hydrogen (secondary N) is 2. The van der Waals surface area contributed by atoms with Crippen LogP contribution >= 0.6 is 11.6 Å². The Balaban J connectivity index is 1.70. The lowest BCUT2D eigenvalue weighted by atomic mass is 10.1. The molecule has 0 saturated heterocycles. The molecule has 0 unspecified atom stereocenters. The number of rotatable bonds is 4. The van der Waals surface area contributed by atoms with Crippen molar-refractivity contribution >= 4 is 34.7 Å². The average molecular weight is 352 g/mol. The van der Waals surface area contributed by atoms with Crippen LogP contribution in [0.25, 0.3) is 0 Å². The van der Waals surface area contributed by atoms with Gasteiger partial charge < -0.3 is 10.6 Å². The maximum atomic E-state index is 12.3. The van der Waals surface area contributed by atoms with Crippen molar-refractivity contribution in [3.8, 4) is 0 Å². The van der Waals surface area contributed by atoms with Gasteiger partial charge in [-0.1, -0.05) is 29.8 Å². The van der Waals surface area contributed by atoms with E-state index in [1.54, 1.807) is 12.3 Å². The molecule has 5 heteroatoms. The van der Waals surface area contributed by atoms with Crippen molar-refractivity contribution in [2.45, 2.75) is 13.8 Å². The molecule has 0 saturated carbocycles. The van der Waals surface area contributed by atoms with E-state index in [0.29, 0.717) is 22.1 Å². The molecule has 0 spiro atoms.